The summed E-state index contributed by atoms with van der Waals surface area (Å²) >= 11 is 0. The summed E-state index contributed by atoms with van der Waals surface area (Å²) < 4.78 is 18.7. The lowest BCUT2D eigenvalue weighted by Crippen LogP contribution is -2.04. The smallest absolute Gasteiger partial charge is 0.337 e. The predicted octanol–water partition coefficient (Wildman–Crippen LogP) is 4.65. The first-order valence-electron chi connectivity index (χ1n) is 8.46. The number of aromatic nitrogens is 1. The minimum Gasteiger partial charge on any atom is -0.465 e. The van der Waals surface area contributed by atoms with Crippen LogP contribution in [0.5, 0.6) is 0 Å². The van der Waals surface area contributed by atoms with E-state index in [0.29, 0.717) is 11.4 Å². The van der Waals surface area contributed by atoms with Gasteiger partial charge in [-0.3, -0.25) is 4.79 Å². The zero-order valence-corrected chi connectivity index (χ0v) is 15.1. The molecule has 0 saturated carbocycles. The number of nitrogens with zero attached hydrogens (tertiary/aromatic N) is 1. The summed E-state index contributed by atoms with van der Waals surface area (Å²) in [6, 6.07) is 16.6. The second kappa shape index (κ2) is 8.73. The van der Waals surface area contributed by atoms with Crippen LogP contribution in [0.3, 0.4) is 0 Å². The Morgan fingerprint density at radius 3 is 2.57 bits per heavy atom. The van der Waals surface area contributed by atoms with Gasteiger partial charge in [0, 0.05) is 17.4 Å². The Hall–Kier alpha value is -3.80. The standard InChI is InChI=1S/C22H17FN2O3/c1-28-22(27)16-10-9-15(19(23)14-16)11-12-20(26)18-8-5-13-24-21(18)25-17-6-3-2-4-7-17/h2-14H,1H3,(H,24,25)/b12-11+. The van der Waals surface area contributed by atoms with Crippen molar-refractivity contribution in [3.8, 4) is 0 Å². The maximum absolute atomic E-state index is 14.2. The van der Waals surface area contributed by atoms with Gasteiger partial charge in [0.25, 0.3) is 0 Å². The van der Waals surface area contributed by atoms with E-state index in [0.717, 1.165) is 11.8 Å². The summed E-state index contributed by atoms with van der Waals surface area (Å²) in [4.78, 5) is 28.3. The zero-order valence-electron chi connectivity index (χ0n) is 15.1. The van der Waals surface area contributed by atoms with Crippen molar-refractivity contribution in [3.05, 3.63) is 95.4 Å². The Kier molecular flexibility index (Phi) is 5.91. The molecule has 0 radical (unpaired) electrons. The number of halogens is 1. The molecule has 0 atom stereocenters. The van der Waals surface area contributed by atoms with Crippen molar-refractivity contribution >= 4 is 29.3 Å². The molecule has 0 amide bonds. The molecule has 0 saturated heterocycles. The summed E-state index contributed by atoms with van der Waals surface area (Å²) in [5.74, 6) is -1.17. The van der Waals surface area contributed by atoms with Gasteiger partial charge in [0.1, 0.15) is 11.6 Å². The number of pyridine rings is 1. The van der Waals surface area contributed by atoms with Crippen LogP contribution in [0.4, 0.5) is 15.9 Å². The second-order valence-corrected chi connectivity index (χ2v) is 5.82. The van der Waals surface area contributed by atoms with Gasteiger partial charge < -0.3 is 10.1 Å². The van der Waals surface area contributed by atoms with E-state index in [-0.39, 0.29) is 16.9 Å². The highest BCUT2D eigenvalue weighted by atomic mass is 19.1. The number of rotatable bonds is 6. The number of para-hydroxylation sites is 1. The van der Waals surface area contributed by atoms with Gasteiger partial charge in [-0.1, -0.05) is 24.3 Å². The SMILES string of the molecule is COC(=O)c1ccc(/C=C/C(=O)c2cccnc2Nc2ccccc2)c(F)c1. The van der Waals surface area contributed by atoms with Crippen LogP contribution in [0, 0.1) is 5.82 Å². The maximum Gasteiger partial charge on any atom is 0.337 e. The molecule has 1 N–H and O–H groups in total. The number of carbonyl (C=O) groups excluding carboxylic acids is 2. The van der Waals surface area contributed by atoms with Crippen LogP contribution < -0.4 is 5.32 Å². The Morgan fingerprint density at radius 2 is 1.86 bits per heavy atom. The molecule has 5 nitrogen and oxygen atoms in total. The fraction of sp³-hybridized carbons (Fsp3) is 0.0455. The molecule has 140 valence electrons. The fourth-order valence-electron chi connectivity index (χ4n) is 2.52. The molecule has 28 heavy (non-hydrogen) atoms. The van der Waals surface area contributed by atoms with Crippen LogP contribution in [-0.2, 0) is 4.74 Å². The lowest BCUT2D eigenvalue weighted by atomic mass is 10.1. The molecule has 1 aromatic heterocycles. The lowest BCUT2D eigenvalue weighted by molar-refractivity contribution is 0.0600. The van der Waals surface area contributed by atoms with Crippen molar-refractivity contribution in [1.29, 1.82) is 0 Å². The van der Waals surface area contributed by atoms with Gasteiger partial charge in [0.15, 0.2) is 5.78 Å². The average Bonchev–Trinajstić information content (AvgIpc) is 2.73. The number of ether oxygens (including phenoxy) is 1. The van der Waals surface area contributed by atoms with E-state index in [4.69, 9.17) is 0 Å². The third-order valence-corrected chi connectivity index (χ3v) is 3.95. The number of nitrogens with one attached hydrogen (secondary N) is 1. The van der Waals surface area contributed by atoms with Crippen molar-refractivity contribution in [1.82, 2.24) is 4.98 Å². The number of carbonyl (C=O) groups is 2. The number of benzene rings is 2. The van der Waals surface area contributed by atoms with Crippen molar-refractivity contribution < 1.29 is 18.7 Å². The summed E-state index contributed by atoms with van der Waals surface area (Å²) in [7, 11) is 1.22. The molecule has 6 heteroatoms. The van der Waals surface area contributed by atoms with Gasteiger partial charge in [-0.25, -0.2) is 14.2 Å². The highest BCUT2D eigenvalue weighted by molar-refractivity contribution is 6.10. The second-order valence-electron chi connectivity index (χ2n) is 5.82. The Bertz CT molecular complexity index is 1030. The third kappa shape index (κ3) is 4.48. The Morgan fingerprint density at radius 1 is 1.07 bits per heavy atom. The molecule has 0 spiro atoms. The van der Waals surface area contributed by atoms with Gasteiger partial charge in [-0.05, 0) is 48.6 Å². The molecule has 0 aliphatic rings. The summed E-state index contributed by atoms with van der Waals surface area (Å²) in [5.41, 5.74) is 1.44. The molecule has 3 aromatic rings. The first-order chi connectivity index (χ1) is 13.6. The maximum atomic E-state index is 14.2. The molecular formula is C22H17FN2O3. The van der Waals surface area contributed by atoms with Crippen LogP contribution in [0.25, 0.3) is 6.08 Å². The topological polar surface area (TPSA) is 68.3 Å². The molecule has 0 bridgehead atoms. The number of methoxy groups -OCH3 is 1. The molecular weight excluding hydrogens is 359 g/mol. The molecule has 0 unspecified atom stereocenters. The molecule has 3 rings (SSSR count). The molecule has 1 heterocycles. The summed E-state index contributed by atoms with van der Waals surface area (Å²) in [5, 5.41) is 3.10. The first-order valence-corrected chi connectivity index (χ1v) is 8.46. The van der Waals surface area contributed by atoms with Crippen molar-refractivity contribution in [2.45, 2.75) is 0 Å². The third-order valence-electron chi connectivity index (χ3n) is 3.95. The lowest BCUT2D eigenvalue weighted by Gasteiger charge is -2.08. The van der Waals surface area contributed by atoms with Crippen LogP contribution in [-0.4, -0.2) is 23.8 Å². The monoisotopic (exact) mass is 376 g/mol. The Balaban J connectivity index is 1.81. The van der Waals surface area contributed by atoms with Gasteiger partial charge in [-0.15, -0.1) is 0 Å². The average molecular weight is 376 g/mol. The largest absolute Gasteiger partial charge is 0.465 e. The number of esters is 1. The Labute approximate surface area is 161 Å². The van der Waals surface area contributed by atoms with Gasteiger partial charge in [-0.2, -0.15) is 0 Å². The number of ketones is 1. The van der Waals surface area contributed by atoms with Gasteiger partial charge in [0.2, 0.25) is 0 Å². The van der Waals surface area contributed by atoms with Gasteiger partial charge in [0.05, 0.1) is 18.2 Å². The van der Waals surface area contributed by atoms with E-state index in [1.807, 2.05) is 30.3 Å². The van der Waals surface area contributed by atoms with Crippen molar-refractivity contribution in [2.24, 2.45) is 0 Å². The highest BCUT2D eigenvalue weighted by Crippen LogP contribution is 2.20. The van der Waals surface area contributed by atoms with E-state index in [2.05, 4.69) is 15.0 Å². The molecule has 0 fully saturated rings. The zero-order chi connectivity index (χ0) is 19.9. The van der Waals surface area contributed by atoms with Crippen LogP contribution in [0.2, 0.25) is 0 Å². The van der Waals surface area contributed by atoms with Crippen LogP contribution >= 0.6 is 0 Å². The molecule has 2 aromatic carbocycles. The number of anilines is 2. The van der Waals surface area contributed by atoms with Crippen LogP contribution in [0.15, 0.2) is 72.9 Å². The van der Waals surface area contributed by atoms with E-state index in [9.17, 15) is 14.0 Å². The van der Waals surface area contributed by atoms with Crippen molar-refractivity contribution in [3.63, 3.8) is 0 Å². The molecule has 0 aliphatic heterocycles. The van der Waals surface area contributed by atoms with Gasteiger partial charge >= 0.3 is 5.97 Å². The number of allylic oxidation sites excluding steroid dienone is 1. The normalized spacial score (nSPS) is 10.6. The highest BCUT2D eigenvalue weighted by Gasteiger charge is 2.11. The first kappa shape index (κ1) is 19.0. The van der Waals surface area contributed by atoms with E-state index in [1.165, 1.54) is 31.4 Å². The predicted molar refractivity (Wildman–Crippen MR) is 105 cm³/mol. The minimum atomic E-state index is -0.627. The number of hydrogen-bond acceptors (Lipinski definition) is 5. The number of hydrogen-bond donors (Lipinski definition) is 1. The quantitative estimate of drug-likeness (QED) is 0.385. The molecule has 0 aliphatic carbocycles. The summed E-state index contributed by atoms with van der Waals surface area (Å²) in [6.45, 7) is 0. The van der Waals surface area contributed by atoms with Crippen molar-refractivity contribution in [2.75, 3.05) is 12.4 Å². The summed E-state index contributed by atoms with van der Waals surface area (Å²) in [6.07, 6.45) is 4.21. The van der Waals surface area contributed by atoms with E-state index in [1.54, 1.807) is 18.3 Å². The van der Waals surface area contributed by atoms with E-state index < -0.39 is 11.8 Å². The van der Waals surface area contributed by atoms with E-state index >= 15 is 0 Å². The minimum absolute atomic E-state index is 0.102. The van der Waals surface area contributed by atoms with Crippen LogP contribution in [0.1, 0.15) is 26.3 Å². The fourth-order valence-corrected chi connectivity index (χ4v) is 2.52.